The summed E-state index contributed by atoms with van der Waals surface area (Å²) in [6.45, 7) is 4.89. The third-order valence-electron chi connectivity index (χ3n) is 4.01. The number of imidazole rings is 1. The van der Waals surface area contributed by atoms with Crippen molar-refractivity contribution in [1.82, 2.24) is 24.8 Å². The Hall–Kier alpha value is -3.26. The Morgan fingerprint density at radius 1 is 1.25 bits per heavy atom. The Balaban J connectivity index is 1.67. The van der Waals surface area contributed by atoms with E-state index in [9.17, 15) is 4.79 Å². The Morgan fingerprint density at radius 3 is 2.79 bits per heavy atom. The third-order valence-corrected chi connectivity index (χ3v) is 4.01. The summed E-state index contributed by atoms with van der Waals surface area (Å²) in [5.74, 6) is 0.628. The minimum Gasteiger partial charge on any atom is -0.445 e. The number of benzene rings is 1. The first-order valence-electron chi connectivity index (χ1n) is 9.05. The van der Waals surface area contributed by atoms with Gasteiger partial charge in [-0.3, -0.25) is 4.98 Å². The van der Waals surface area contributed by atoms with E-state index < -0.39 is 6.09 Å². The molecule has 28 heavy (non-hydrogen) atoms. The predicted octanol–water partition coefficient (Wildman–Crippen LogP) is 3.32. The monoisotopic (exact) mass is 381 g/mol. The highest BCUT2D eigenvalue weighted by molar-refractivity contribution is 5.67. The zero-order chi connectivity index (χ0) is 19.8. The fourth-order valence-corrected chi connectivity index (χ4v) is 2.57. The van der Waals surface area contributed by atoms with Crippen LogP contribution in [-0.4, -0.2) is 32.2 Å². The van der Waals surface area contributed by atoms with Gasteiger partial charge in [-0.25, -0.2) is 14.8 Å². The molecule has 0 aliphatic heterocycles. The maximum Gasteiger partial charge on any atom is 0.407 e. The molecule has 3 aromatic rings. The minimum absolute atomic E-state index is 0.211. The van der Waals surface area contributed by atoms with E-state index in [1.54, 1.807) is 18.6 Å². The van der Waals surface area contributed by atoms with Crippen LogP contribution in [0.5, 0.6) is 0 Å². The fourth-order valence-electron chi connectivity index (χ4n) is 2.57. The Labute approximate surface area is 163 Å². The number of alkyl carbamates (subject to hydrolysis) is 1. The number of rotatable bonds is 8. The van der Waals surface area contributed by atoms with Gasteiger partial charge in [-0.1, -0.05) is 30.3 Å². The maximum absolute atomic E-state index is 12.1. The number of nitrogens with one attached hydrogen (secondary N) is 1. The van der Waals surface area contributed by atoms with Crippen molar-refractivity contribution < 1.29 is 14.3 Å². The van der Waals surface area contributed by atoms with Gasteiger partial charge in [0.05, 0.1) is 17.9 Å². The fraction of sp³-hybridized carbons (Fsp3) is 0.300. The molecule has 3 rings (SSSR count). The van der Waals surface area contributed by atoms with Crippen LogP contribution in [0.25, 0.3) is 11.5 Å². The van der Waals surface area contributed by atoms with E-state index in [0.29, 0.717) is 30.5 Å². The molecule has 146 valence electrons. The molecule has 2 aromatic heterocycles. The number of amides is 1. The molecule has 0 bridgehead atoms. The van der Waals surface area contributed by atoms with Gasteiger partial charge in [0.15, 0.2) is 5.82 Å². The second kappa shape index (κ2) is 9.61. The average molecular weight is 381 g/mol. The van der Waals surface area contributed by atoms with Gasteiger partial charge in [0, 0.05) is 25.2 Å². The number of aromatic nitrogens is 4. The van der Waals surface area contributed by atoms with Crippen LogP contribution in [-0.2, 0) is 22.8 Å². The van der Waals surface area contributed by atoms with Gasteiger partial charge in [-0.15, -0.1) is 0 Å². The molecule has 0 saturated carbocycles. The largest absolute Gasteiger partial charge is 0.445 e. The summed E-state index contributed by atoms with van der Waals surface area (Å²) in [6.07, 6.45) is 6.18. The molecule has 0 fully saturated rings. The minimum atomic E-state index is -0.503. The van der Waals surface area contributed by atoms with E-state index in [1.807, 2.05) is 54.9 Å². The zero-order valence-corrected chi connectivity index (χ0v) is 15.9. The van der Waals surface area contributed by atoms with Crippen LogP contribution in [0.1, 0.15) is 31.1 Å². The van der Waals surface area contributed by atoms with Crippen molar-refractivity contribution >= 4 is 6.09 Å². The highest BCUT2D eigenvalue weighted by Gasteiger charge is 2.18. The Bertz CT molecular complexity index is 883. The molecule has 1 aromatic carbocycles. The normalized spacial score (nSPS) is 11.8. The molecule has 1 amide bonds. The molecule has 8 heteroatoms. The summed E-state index contributed by atoms with van der Waals surface area (Å²) in [5, 5.41) is 2.80. The first-order valence-corrected chi connectivity index (χ1v) is 9.05. The number of hydrogen-bond donors (Lipinski definition) is 1. The lowest BCUT2D eigenvalue weighted by Gasteiger charge is -2.12. The lowest BCUT2D eigenvalue weighted by Crippen LogP contribution is -2.27. The van der Waals surface area contributed by atoms with Crippen LogP contribution in [0, 0.1) is 0 Å². The van der Waals surface area contributed by atoms with Gasteiger partial charge in [-0.05, 0) is 19.4 Å². The van der Waals surface area contributed by atoms with Crippen LogP contribution >= 0.6 is 0 Å². The van der Waals surface area contributed by atoms with Crippen molar-refractivity contribution in [2.45, 2.75) is 33.2 Å². The standard InChI is InChI=1S/C20H23N5O3/c1-3-27-14-25-12-18(24-19(25)17-11-21-9-10-22-17)15(2)23-20(26)28-13-16-7-5-4-6-8-16/h4-12,15H,3,13-14H2,1-2H3,(H,23,26)/t15-/m0/s1. The molecule has 1 atom stereocenters. The highest BCUT2D eigenvalue weighted by atomic mass is 16.5. The number of carbonyl (C=O) groups excluding carboxylic acids is 1. The number of carbonyl (C=O) groups is 1. The van der Waals surface area contributed by atoms with E-state index in [4.69, 9.17) is 9.47 Å². The number of ether oxygens (including phenoxy) is 2. The molecule has 0 aliphatic rings. The molecule has 0 radical (unpaired) electrons. The smallest absolute Gasteiger partial charge is 0.407 e. The van der Waals surface area contributed by atoms with Crippen molar-refractivity contribution in [2.75, 3.05) is 6.61 Å². The van der Waals surface area contributed by atoms with Crippen LogP contribution in [0.4, 0.5) is 4.79 Å². The molecule has 1 N–H and O–H groups in total. The number of nitrogens with zero attached hydrogens (tertiary/aromatic N) is 4. The molecule has 0 saturated heterocycles. The first-order chi connectivity index (χ1) is 13.7. The van der Waals surface area contributed by atoms with E-state index in [0.717, 1.165) is 5.56 Å². The second-order valence-electron chi connectivity index (χ2n) is 6.10. The summed E-state index contributed by atoms with van der Waals surface area (Å²) in [7, 11) is 0. The lowest BCUT2D eigenvalue weighted by molar-refractivity contribution is 0.0888. The van der Waals surface area contributed by atoms with Crippen molar-refractivity contribution in [3.05, 3.63) is 66.4 Å². The van der Waals surface area contributed by atoms with Gasteiger partial charge < -0.3 is 19.4 Å². The van der Waals surface area contributed by atoms with Gasteiger partial charge >= 0.3 is 6.09 Å². The predicted molar refractivity (Wildman–Crippen MR) is 103 cm³/mol. The summed E-state index contributed by atoms with van der Waals surface area (Å²) in [4.78, 5) is 25.1. The third kappa shape index (κ3) is 5.14. The quantitative estimate of drug-likeness (QED) is 0.644. The first kappa shape index (κ1) is 19.5. The summed E-state index contributed by atoms with van der Waals surface area (Å²) in [5.41, 5.74) is 2.24. The van der Waals surface area contributed by atoms with Crippen molar-refractivity contribution in [1.29, 1.82) is 0 Å². The summed E-state index contributed by atoms with van der Waals surface area (Å²) < 4.78 is 12.6. The van der Waals surface area contributed by atoms with Crippen LogP contribution in [0.3, 0.4) is 0 Å². The van der Waals surface area contributed by atoms with Crippen molar-refractivity contribution in [3.63, 3.8) is 0 Å². The van der Waals surface area contributed by atoms with Crippen LogP contribution in [0.2, 0.25) is 0 Å². The van der Waals surface area contributed by atoms with Crippen molar-refractivity contribution in [2.24, 2.45) is 0 Å². The molecular weight excluding hydrogens is 358 g/mol. The summed E-state index contributed by atoms with van der Waals surface area (Å²) >= 11 is 0. The lowest BCUT2D eigenvalue weighted by atomic mass is 10.2. The Kier molecular flexibility index (Phi) is 6.69. The average Bonchev–Trinajstić information content (AvgIpc) is 3.16. The zero-order valence-electron chi connectivity index (χ0n) is 15.9. The molecular formula is C20H23N5O3. The Morgan fingerprint density at radius 2 is 2.07 bits per heavy atom. The summed E-state index contributed by atoms with van der Waals surface area (Å²) in [6, 6.07) is 9.18. The molecule has 8 nitrogen and oxygen atoms in total. The SMILES string of the molecule is CCOCn1cc([C@H](C)NC(=O)OCc2ccccc2)nc1-c1cnccn1. The van der Waals surface area contributed by atoms with Gasteiger partial charge in [0.25, 0.3) is 0 Å². The van der Waals surface area contributed by atoms with Gasteiger partial charge in [0.1, 0.15) is 19.0 Å². The van der Waals surface area contributed by atoms with Crippen LogP contribution in [0.15, 0.2) is 55.1 Å². The van der Waals surface area contributed by atoms with E-state index >= 15 is 0 Å². The topological polar surface area (TPSA) is 91.2 Å². The van der Waals surface area contributed by atoms with Crippen molar-refractivity contribution in [3.8, 4) is 11.5 Å². The van der Waals surface area contributed by atoms with Gasteiger partial charge in [0.2, 0.25) is 0 Å². The maximum atomic E-state index is 12.1. The number of hydrogen-bond acceptors (Lipinski definition) is 6. The van der Waals surface area contributed by atoms with E-state index in [2.05, 4.69) is 20.3 Å². The highest BCUT2D eigenvalue weighted by Crippen LogP contribution is 2.20. The molecule has 0 spiro atoms. The molecule has 0 aliphatic carbocycles. The molecule has 2 heterocycles. The van der Waals surface area contributed by atoms with Gasteiger partial charge in [-0.2, -0.15) is 0 Å². The molecule has 0 unspecified atom stereocenters. The van der Waals surface area contributed by atoms with E-state index in [-0.39, 0.29) is 12.6 Å². The second-order valence-corrected chi connectivity index (χ2v) is 6.10. The van der Waals surface area contributed by atoms with Crippen LogP contribution < -0.4 is 5.32 Å². The van der Waals surface area contributed by atoms with E-state index in [1.165, 1.54) is 0 Å².